The van der Waals surface area contributed by atoms with E-state index in [1.807, 2.05) is 20.8 Å². The third kappa shape index (κ3) is 9.82. The van der Waals surface area contributed by atoms with Crippen molar-refractivity contribution in [2.45, 2.75) is 65.1 Å². The first-order valence-electron chi connectivity index (χ1n) is 16.5. The van der Waals surface area contributed by atoms with E-state index in [1.165, 1.54) is 23.4 Å². The van der Waals surface area contributed by atoms with Crippen LogP contribution in [0.3, 0.4) is 0 Å². The maximum atomic E-state index is 13.3. The molecule has 1 saturated heterocycles. The summed E-state index contributed by atoms with van der Waals surface area (Å²) in [4.78, 5) is 38.7. The molecule has 3 aromatic rings. The summed E-state index contributed by atoms with van der Waals surface area (Å²) < 4.78 is 56.0. The third-order valence-electron chi connectivity index (χ3n) is 7.96. The molecule has 2 amide bonds. The highest BCUT2D eigenvalue weighted by molar-refractivity contribution is 6.01. The smallest absolute Gasteiger partial charge is 0.416 e. The molecule has 2 aromatic carbocycles. The second kappa shape index (κ2) is 17.7. The number of alkyl halides is 3. The van der Waals surface area contributed by atoms with Crippen LogP contribution in [0, 0.1) is 0 Å². The molecule has 0 bridgehead atoms. The van der Waals surface area contributed by atoms with Crippen molar-refractivity contribution in [3.05, 3.63) is 66.0 Å². The Hall–Kier alpha value is -4.39. The topological polar surface area (TPSA) is 106 Å². The molecule has 260 valence electrons. The summed E-state index contributed by atoms with van der Waals surface area (Å²) in [5, 5.41) is 3.12. The quantitative estimate of drug-likeness (QED) is 0.173. The molecule has 10 nitrogen and oxygen atoms in total. The zero-order valence-corrected chi connectivity index (χ0v) is 27.7. The van der Waals surface area contributed by atoms with Gasteiger partial charge in [0.05, 0.1) is 25.4 Å². The van der Waals surface area contributed by atoms with Gasteiger partial charge >= 0.3 is 12.3 Å². The molecule has 1 N–H and O–H groups in total. The molecule has 0 radical (unpaired) electrons. The summed E-state index contributed by atoms with van der Waals surface area (Å²) in [6.07, 6.45) is 0.127. The highest BCUT2D eigenvalue weighted by Gasteiger charge is 2.31. The van der Waals surface area contributed by atoms with Crippen molar-refractivity contribution in [2.24, 2.45) is 0 Å². The van der Waals surface area contributed by atoms with Crippen molar-refractivity contribution in [3.8, 4) is 22.9 Å². The average molecular weight is 672 g/mol. The van der Waals surface area contributed by atoms with Crippen molar-refractivity contribution in [1.29, 1.82) is 0 Å². The molecular weight excluding hydrogens is 627 g/mol. The molecule has 0 atom stereocenters. The third-order valence-corrected chi connectivity index (χ3v) is 7.96. The van der Waals surface area contributed by atoms with E-state index in [1.54, 1.807) is 24.3 Å². The van der Waals surface area contributed by atoms with E-state index in [0.29, 0.717) is 55.0 Å². The summed E-state index contributed by atoms with van der Waals surface area (Å²) in [6.45, 7) is 9.36. The van der Waals surface area contributed by atoms with Crippen LogP contribution in [0.1, 0.15) is 68.8 Å². The molecule has 4 rings (SSSR count). The minimum Gasteiger partial charge on any atom is -0.476 e. The van der Waals surface area contributed by atoms with Crippen LogP contribution in [0.4, 0.5) is 23.7 Å². The number of likely N-dealkylation sites (tertiary alicyclic amines) is 1. The molecule has 48 heavy (non-hydrogen) atoms. The lowest BCUT2D eigenvalue weighted by atomic mass is 9.97. The molecule has 0 unspecified atom stereocenters. The molecule has 1 fully saturated rings. The van der Waals surface area contributed by atoms with Gasteiger partial charge in [-0.3, -0.25) is 9.69 Å². The summed E-state index contributed by atoms with van der Waals surface area (Å²) in [5.74, 6) is 0.271. The maximum absolute atomic E-state index is 13.3. The molecule has 0 aliphatic carbocycles. The van der Waals surface area contributed by atoms with E-state index in [2.05, 4.69) is 20.2 Å². The lowest BCUT2D eigenvalue weighted by Crippen LogP contribution is -2.45. The number of unbranched alkanes of at least 4 members (excludes halogenated alkanes) is 1. The van der Waals surface area contributed by atoms with Crippen LogP contribution < -0.4 is 19.7 Å². The van der Waals surface area contributed by atoms with Gasteiger partial charge in [-0.2, -0.15) is 23.1 Å². The maximum Gasteiger partial charge on any atom is 0.416 e. The van der Waals surface area contributed by atoms with Gasteiger partial charge in [0, 0.05) is 31.2 Å². The van der Waals surface area contributed by atoms with E-state index in [9.17, 15) is 22.8 Å². The van der Waals surface area contributed by atoms with Crippen LogP contribution >= 0.6 is 0 Å². The number of aromatic nitrogens is 2. The highest BCUT2D eigenvalue weighted by Crippen LogP contribution is 2.36. The van der Waals surface area contributed by atoms with Crippen LogP contribution in [-0.4, -0.2) is 78.9 Å². The Morgan fingerprint density at radius 3 is 2.19 bits per heavy atom. The molecular formula is C35H44F3N5O5. The number of nitrogens with one attached hydrogen (secondary N) is 1. The summed E-state index contributed by atoms with van der Waals surface area (Å²) in [6, 6.07) is 11.8. The van der Waals surface area contributed by atoms with E-state index in [-0.39, 0.29) is 30.3 Å². The predicted octanol–water partition coefficient (Wildman–Crippen LogP) is 6.99. The number of benzene rings is 2. The first-order chi connectivity index (χ1) is 23.2. The first kappa shape index (κ1) is 36.4. The van der Waals surface area contributed by atoms with Gasteiger partial charge in [-0.15, -0.1) is 0 Å². The zero-order chi connectivity index (χ0) is 34.5. The van der Waals surface area contributed by atoms with Crippen LogP contribution in [-0.2, 0) is 10.9 Å². The van der Waals surface area contributed by atoms with Gasteiger partial charge in [-0.05, 0) is 81.8 Å². The SMILES string of the molecule is CCCOC(=O)N(CCCCN1CCC(NC(=O)c2ccccc2-c2ccc(C(F)(F)F)cc2)CC1)c1c(OCC)ncnc1OCC. The Balaban J connectivity index is 1.30. The summed E-state index contributed by atoms with van der Waals surface area (Å²) in [7, 11) is 0. The van der Waals surface area contributed by atoms with E-state index < -0.39 is 17.8 Å². The first-order valence-corrected chi connectivity index (χ1v) is 16.5. The fourth-order valence-corrected chi connectivity index (χ4v) is 5.57. The van der Waals surface area contributed by atoms with E-state index in [0.717, 1.165) is 51.0 Å². The number of ether oxygens (including phenoxy) is 3. The number of anilines is 1. The number of carbonyl (C=O) groups excluding carboxylic acids is 2. The van der Waals surface area contributed by atoms with Crippen molar-refractivity contribution >= 4 is 17.7 Å². The Morgan fingerprint density at radius 1 is 0.938 bits per heavy atom. The number of hydrogen-bond acceptors (Lipinski definition) is 8. The van der Waals surface area contributed by atoms with Crippen LogP contribution in [0.2, 0.25) is 0 Å². The van der Waals surface area contributed by atoms with Gasteiger partial charge in [-0.1, -0.05) is 37.3 Å². The summed E-state index contributed by atoms with van der Waals surface area (Å²) in [5.41, 5.74) is 1.18. The molecule has 1 aliphatic heterocycles. The van der Waals surface area contributed by atoms with Gasteiger partial charge in [0.2, 0.25) is 11.8 Å². The largest absolute Gasteiger partial charge is 0.476 e. The zero-order valence-electron chi connectivity index (χ0n) is 27.7. The Kier molecular flexibility index (Phi) is 13.4. The Bertz CT molecular complexity index is 1460. The minimum absolute atomic E-state index is 0.0229. The number of hydrogen-bond donors (Lipinski definition) is 1. The van der Waals surface area contributed by atoms with Gasteiger partial charge in [0.15, 0.2) is 5.69 Å². The number of amides is 2. The van der Waals surface area contributed by atoms with Crippen LogP contribution in [0.5, 0.6) is 11.8 Å². The van der Waals surface area contributed by atoms with Gasteiger partial charge in [-0.25, -0.2) is 4.79 Å². The number of piperidine rings is 1. The van der Waals surface area contributed by atoms with Gasteiger partial charge < -0.3 is 24.4 Å². The molecule has 0 saturated carbocycles. The second-order valence-corrected chi connectivity index (χ2v) is 11.4. The van der Waals surface area contributed by atoms with Gasteiger partial charge in [0.25, 0.3) is 5.91 Å². The monoisotopic (exact) mass is 671 g/mol. The van der Waals surface area contributed by atoms with Gasteiger partial charge in [0.1, 0.15) is 6.33 Å². The Morgan fingerprint density at radius 2 is 1.58 bits per heavy atom. The number of carbonyl (C=O) groups is 2. The van der Waals surface area contributed by atoms with E-state index in [4.69, 9.17) is 14.2 Å². The number of nitrogens with zero attached hydrogens (tertiary/aromatic N) is 4. The van der Waals surface area contributed by atoms with E-state index >= 15 is 0 Å². The number of halogens is 3. The van der Waals surface area contributed by atoms with Crippen molar-refractivity contribution in [1.82, 2.24) is 20.2 Å². The van der Waals surface area contributed by atoms with Crippen molar-refractivity contribution < 1.29 is 37.0 Å². The Labute approximate surface area is 279 Å². The lowest BCUT2D eigenvalue weighted by molar-refractivity contribution is -0.137. The molecule has 1 aromatic heterocycles. The van der Waals surface area contributed by atoms with Crippen LogP contribution in [0.25, 0.3) is 11.1 Å². The second-order valence-electron chi connectivity index (χ2n) is 11.4. The lowest BCUT2D eigenvalue weighted by Gasteiger charge is -2.32. The predicted molar refractivity (Wildman–Crippen MR) is 176 cm³/mol. The molecule has 0 spiro atoms. The summed E-state index contributed by atoms with van der Waals surface area (Å²) >= 11 is 0. The number of rotatable bonds is 15. The molecule has 13 heteroatoms. The van der Waals surface area contributed by atoms with Crippen molar-refractivity contribution in [2.75, 3.05) is 50.9 Å². The minimum atomic E-state index is -4.42. The van der Waals surface area contributed by atoms with Crippen LogP contribution in [0.15, 0.2) is 54.9 Å². The molecule has 2 heterocycles. The fourth-order valence-electron chi connectivity index (χ4n) is 5.57. The molecule has 1 aliphatic rings. The standard InChI is InChI=1S/C35H44F3N5O5/c1-4-23-48-34(45)43(30-32(46-5-2)39-24-40-33(30)47-6-3)20-10-9-19-42-21-17-27(18-22-42)41-31(44)29-12-8-7-11-28(29)25-13-15-26(16-14-25)35(36,37)38/h7-8,11-16,24,27H,4-6,9-10,17-23H2,1-3H3,(H,41,44). The van der Waals surface area contributed by atoms with Crippen molar-refractivity contribution in [3.63, 3.8) is 0 Å². The fraction of sp³-hybridized carbons (Fsp3) is 0.486. The normalized spacial score (nSPS) is 14.0. The average Bonchev–Trinajstić information content (AvgIpc) is 3.08. The highest BCUT2D eigenvalue weighted by atomic mass is 19.4.